The lowest BCUT2D eigenvalue weighted by atomic mass is 9.79. The van der Waals surface area contributed by atoms with Crippen LogP contribution in [0.5, 0.6) is 0 Å². The predicted octanol–water partition coefficient (Wildman–Crippen LogP) is 0.486. The van der Waals surface area contributed by atoms with Crippen LogP contribution in [0.1, 0.15) is 27.7 Å². The average molecular weight is 411 g/mol. The molecule has 0 aliphatic carbocycles. The van der Waals surface area contributed by atoms with Crippen LogP contribution in [0, 0.1) is 17.2 Å². The quantitative estimate of drug-likeness (QED) is 0.258. The molecule has 2 fully saturated rings. The Kier molecular flexibility index (Phi) is 5.46. The van der Waals surface area contributed by atoms with Gasteiger partial charge in [0.2, 0.25) is 5.91 Å². The van der Waals surface area contributed by atoms with Gasteiger partial charge in [0, 0.05) is 24.3 Å². The lowest BCUT2D eigenvalue weighted by Crippen LogP contribution is -2.63. The van der Waals surface area contributed by atoms with Gasteiger partial charge in [0.05, 0.1) is 35.7 Å². The number of β-lactam (4-membered cyclic amide) rings is 1. The van der Waals surface area contributed by atoms with Crippen LogP contribution in [0.15, 0.2) is 10.6 Å². The highest BCUT2D eigenvalue weighted by Gasteiger charge is 2.60. The first-order valence-electron chi connectivity index (χ1n) is 9.17. The number of esters is 1. The van der Waals surface area contributed by atoms with Gasteiger partial charge >= 0.3 is 11.9 Å². The Bertz CT molecular complexity index is 766. The second-order valence-corrected chi connectivity index (χ2v) is 8.85. The van der Waals surface area contributed by atoms with Gasteiger partial charge < -0.3 is 24.7 Å². The number of hydrogen-bond acceptors (Lipinski definition) is 7. The zero-order chi connectivity index (χ0) is 20.9. The van der Waals surface area contributed by atoms with E-state index >= 15 is 0 Å². The van der Waals surface area contributed by atoms with Crippen LogP contribution < -0.4 is 0 Å². The first kappa shape index (κ1) is 20.7. The number of nitrogens with zero attached hydrogens (tertiary/aromatic N) is 2. The number of amidine groups is 1. The summed E-state index contributed by atoms with van der Waals surface area (Å²) in [5.74, 6) is -2.51. The molecule has 0 aromatic rings. The van der Waals surface area contributed by atoms with Crippen LogP contribution in [-0.2, 0) is 19.1 Å². The van der Waals surface area contributed by atoms with E-state index in [9.17, 15) is 24.6 Å². The summed E-state index contributed by atoms with van der Waals surface area (Å²) >= 11 is 1.30. The number of hydrogen-bond donors (Lipinski definition) is 3. The summed E-state index contributed by atoms with van der Waals surface area (Å²) in [7, 11) is 0. The predicted molar refractivity (Wildman–Crippen MR) is 102 cm³/mol. The highest BCUT2D eigenvalue weighted by Crippen LogP contribution is 2.52. The molecular formula is C18H25N3O6S. The average Bonchev–Trinajstić information content (AvgIpc) is 3.06. The van der Waals surface area contributed by atoms with E-state index in [1.54, 1.807) is 11.8 Å². The molecule has 0 spiro atoms. The van der Waals surface area contributed by atoms with Gasteiger partial charge in [-0.15, -0.1) is 11.8 Å². The van der Waals surface area contributed by atoms with Crippen LogP contribution >= 0.6 is 11.8 Å². The smallest absolute Gasteiger partial charge is 0.353 e. The number of aliphatic hydroxyl groups is 1. The molecule has 9 nitrogen and oxygen atoms in total. The molecule has 3 aliphatic heterocycles. The minimum Gasteiger partial charge on any atom is -0.477 e. The number of ether oxygens (including phenoxy) is 1. The largest absolute Gasteiger partial charge is 0.477 e. The van der Waals surface area contributed by atoms with Gasteiger partial charge in [-0.3, -0.25) is 15.0 Å². The second kappa shape index (κ2) is 7.40. The fourth-order valence-corrected chi connectivity index (χ4v) is 5.82. The summed E-state index contributed by atoms with van der Waals surface area (Å²) in [4.78, 5) is 39.4. The molecule has 28 heavy (non-hydrogen) atoms. The number of aliphatic hydroxyl groups excluding tert-OH is 1. The van der Waals surface area contributed by atoms with Crippen molar-refractivity contribution in [2.24, 2.45) is 11.8 Å². The molecule has 154 valence electrons. The monoisotopic (exact) mass is 411 g/mol. The van der Waals surface area contributed by atoms with Crippen molar-refractivity contribution in [2.75, 3.05) is 13.1 Å². The number of aliphatic carboxylic acids is 1. The van der Waals surface area contributed by atoms with Crippen molar-refractivity contribution in [2.45, 2.75) is 51.2 Å². The topological polar surface area (TPSA) is 131 Å². The number of amides is 1. The minimum absolute atomic E-state index is 0.0454. The number of carbonyl (C=O) groups is 3. The van der Waals surface area contributed by atoms with Crippen LogP contribution in [0.4, 0.5) is 0 Å². The molecule has 3 N–H and O–H groups in total. The molecule has 2 saturated heterocycles. The third-order valence-electron chi connectivity index (χ3n) is 5.60. The lowest BCUT2D eigenvalue weighted by Gasteiger charge is -2.46. The van der Waals surface area contributed by atoms with Gasteiger partial charge in [-0.2, -0.15) is 0 Å². The Morgan fingerprint density at radius 3 is 2.46 bits per heavy atom. The van der Waals surface area contributed by atoms with Crippen LogP contribution in [0.3, 0.4) is 0 Å². The van der Waals surface area contributed by atoms with Gasteiger partial charge in [0.15, 0.2) is 0 Å². The summed E-state index contributed by atoms with van der Waals surface area (Å²) < 4.78 is 5.41. The molecule has 0 aromatic heterocycles. The number of fused-ring (bicyclic) bond motifs is 1. The normalized spacial score (nSPS) is 32.9. The van der Waals surface area contributed by atoms with Gasteiger partial charge in [-0.1, -0.05) is 6.92 Å². The van der Waals surface area contributed by atoms with E-state index in [4.69, 9.17) is 10.1 Å². The number of carboxylic acids is 1. The molecular weight excluding hydrogens is 386 g/mol. The SMILES string of the molecule is CC(=N)N1CC(OC(C)=O)C(SC2=C(C(=O)O)N3C(=O)C(C(C)O)[C@H]3C2C)C1. The van der Waals surface area contributed by atoms with Crippen molar-refractivity contribution >= 4 is 35.4 Å². The van der Waals surface area contributed by atoms with E-state index < -0.39 is 30.1 Å². The van der Waals surface area contributed by atoms with Gasteiger partial charge in [-0.25, -0.2) is 4.79 Å². The Hall–Kier alpha value is -2.07. The number of likely N-dealkylation sites (tertiary alicyclic amines) is 1. The summed E-state index contributed by atoms with van der Waals surface area (Å²) in [6.45, 7) is 7.18. The zero-order valence-electron chi connectivity index (χ0n) is 16.2. The molecule has 10 heteroatoms. The molecule has 1 amide bonds. The summed E-state index contributed by atoms with van der Waals surface area (Å²) in [5, 5.41) is 27.3. The molecule has 0 saturated carbocycles. The number of rotatable bonds is 5. The lowest BCUT2D eigenvalue weighted by molar-refractivity contribution is -0.163. The van der Waals surface area contributed by atoms with Crippen LogP contribution in [-0.4, -0.2) is 80.3 Å². The Labute approximate surface area is 167 Å². The van der Waals surface area contributed by atoms with Gasteiger partial charge in [0.1, 0.15) is 11.8 Å². The Morgan fingerprint density at radius 1 is 1.32 bits per heavy atom. The van der Waals surface area contributed by atoms with E-state index in [2.05, 4.69) is 0 Å². The summed E-state index contributed by atoms with van der Waals surface area (Å²) in [6.07, 6.45) is -1.33. The highest BCUT2D eigenvalue weighted by atomic mass is 32.2. The second-order valence-electron chi connectivity index (χ2n) is 7.57. The molecule has 0 aromatic carbocycles. The third-order valence-corrected chi connectivity index (χ3v) is 7.17. The number of carbonyl (C=O) groups excluding carboxylic acids is 2. The van der Waals surface area contributed by atoms with E-state index in [-0.39, 0.29) is 28.8 Å². The van der Waals surface area contributed by atoms with E-state index in [0.717, 1.165) is 0 Å². The van der Waals surface area contributed by atoms with E-state index in [1.165, 1.54) is 30.5 Å². The summed E-state index contributed by atoms with van der Waals surface area (Å²) in [6, 6.07) is -0.379. The molecule has 6 atom stereocenters. The van der Waals surface area contributed by atoms with Crippen LogP contribution in [0.2, 0.25) is 0 Å². The minimum atomic E-state index is -1.18. The molecule has 3 heterocycles. The zero-order valence-corrected chi connectivity index (χ0v) is 17.0. The van der Waals surface area contributed by atoms with Crippen molar-refractivity contribution < 1.29 is 29.3 Å². The molecule has 0 radical (unpaired) electrons. The Balaban J connectivity index is 1.89. The van der Waals surface area contributed by atoms with Crippen molar-refractivity contribution in [1.82, 2.24) is 9.80 Å². The van der Waals surface area contributed by atoms with Gasteiger partial charge in [-0.05, 0) is 13.8 Å². The standard InChI is InChI=1S/C18H25N3O6S/c1-7-14-13(8(2)22)17(24)21(14)15(18(25)26)16(7)28-12-6-20(9(3)19)5-11(12)27-10(4)23/h7-8,11-14,19,22H,5-6H2,1-4H3,(H,25,26)/t7?,8?,11?,12?,13?,14-/m1/s1. The fourth-order valence-electron chi connectivity index (χ4n) is 4.30. The molecule has 3 aliphatic rings. The van der Waals surface area contributed by atoms with Crippen molar-refractivity contribution in [3.05, 3.63) is 10.6 Å². The van der Waals surface area contributed by atoms with Crippen molar-refractivity contribution in [3.8, 4) is 0 Å². The summed E-state index contributed by atoms with van der Waals surface area (Å²) in [5.41, 5.74) is -0.0454. The molecule has 5 unspecified atom stereocenters. The maximum atomic E-state index is 12.4. The number of carboxylic acid groups (broad SMARTS) is 1. The highest BCUT2D eigenvalue weighted by molar-refractivity contribution is 8.03. The first-order chi connectivity index (χ1) is 13.0. The fraction of sp³-hybridized carbons (Fsp3) is 0.667. The maximum Gasteiger partial charge on any atom is 0.353 e. The number of nitrogens with one attached hydrogen (secondary N) is 1. The van der Waals surface area contributed by atoms with E-state index in [1.807, 2.05) is 6.92 Å². The maximum absolute atomic E-state index is 12.4. The van der Waals surface area contributed by atoms with Crippen LogP contribution in [0.25, 0.3) is 0 Å². The molecule has 0 bridgehead atoms. The Morgan fingerprint density at radius 2 is 1.96 bits per heavy atom. The van der Waals surface area contributed by atoms with E-state index in [0.29, 0.717) is 23.8 Å². The first-order valence-corrected chi connectivity index (χ1v) is 10.0. The van der Waals surface area contributed by atoms with Crippen molar-refractivity contribution in [3.63, 3.8) is 0 Å². The molecule has 3 rings (SSSR count). The third kappa shape index (κ3) is 3.28. The van der Waals surface area contributed by atoms with Gasteiger partial charge in [0.25, 0.3) is 0 Å². The van der Waals surface area contributed by atoms with Crippen molar-refractivity contribution in [1.29, 1.82) is 5.41 Å². The number of thioether (sulfide) groups is 1.